The van der Waals surface area contributed by atoms with Crippen LogP contribution < -0.4 is 4.90 Å². The molecule has 3 heterocycles. The van der Waals surface area contributed by atoms with Gasteiger partial charge in [-0.3, -0.25) is 14.4 Å². The molecular formula is C30H40ClN3O5. The van der Waals surface area contributed by atoms with Crippen LogP contribution >= 0.6 is 11.6 Å². The summed E-state index contributed by atoms with van der Waals surface area (Å²) >= 11 is 6.12. The van der Waals surface area contributed by atoms with Crippen LogP contribution in [0.5, 0.6) is 0 Å². The number of fused-ring (bicyclic) bond motifs is 1. The number of benzene rings is 1. The molecule has 0 aliphatic carbocycles. The molecule has 2 bridgehead atoms. The lowest BCUT2D eigenvalue weighted by atomic mass is 9.62. The van der Waals surface area contributed by atoms with Crippen LogP contribution in [0.3, 0.4) is 0 Å². The second-order valence-corrected chi connectivity index (χ2v) is 12.1. The lowest BCUT2D eigenvalue weighted by Gasteiger charge is -2.40. The van der Waals surface area contributed by atoms with Gasteiger partial charge >= 0.3 is 0 Å². The van der Waals surface area contributed by atoms with E-state index in [0.717, 1.165) is 0 Å². The minimum Gasteiger partial charge on any atom is -0.394 e. The second-order valence-electron chi connectivity index (χ2n) is 11.7. The predicted molar refractivity (Wildman–Crippen MR) is 151 cm³/mol. The third-order valence-corrected chi connectivity index (χ3v) is 9.31. The van der Waals surface area contributed by atoms with Gasteiger partial charge in [0.1, 0.15) is 11.6 Å². The summed E-state index contributed by atoms with van der Waals surface area (Å²) < 4.78 is 6.83. The zero-order valence-electron chi connectivity index (χ0n) is 23.5. The average molecular weight is 558 g/mol. The number of ether oxygens (including phenoxy) is 1. The number of likely N-dealkylation sites (tertiary alicyclic amines) is 1. The Balaban J connectivity index is 1.89. The third-order valence-electron chi connectivity index (χ3n) is 9.06. The van der Waals surface area contributed by atoms with Gasteiger partial charge in [0.05, 0.1) is 30.1 Å². The molecule has 8 nitrogen and oxygen atoms in total. The molecule has 7 atom stereocenters. The van der Waals surface area contributed by atoms with Crippen molar-refractivity contribution in [2.45, 2.75) is 57.4 Å². The van der Waals surface area contributed by atoms with Gasteiger partial charge in [-0.05, 0) is 49.4 Å². The van der Waals surface area contributed by atoms with E-state index >= 15 is 0 Å². The molecule has 0 aromatic heterocycles. The Kier molecular flexibility index (Phi) is 8.05. The van der Waals surface area contributed by atoms with Gasteiger partial charge in [0.25, 0.3) is 5.91 Å². The van der Waals surface area contributed by atoms with Crippen LogP contribution in [-0.4, -0.2) is 82.7 Å². The Hall–Kier alpha value is -2.68. The number of rotatable bonds is 10. The zero-order valence-corrected chi connectivity index (χ0v) is 24.2. The smallest absolute Gasteiger partial charge is 0.253 e. The van der Waals surface area contributed by atoms with E-state index in [2.05, 4.69) is 13.2 Å². The molecule has 4 rings (SSSR count). The molecule has 3 aliphatic rings. The van der Waals surface area contributed by atoms with Gasteiger partial charge in [-0.1, -0.05) is 44.5 Å². The first-order valence-electron chi connectivity index (χ1n) is 13.6. The minimum atomic E-state index is -1.22. The maximum atomic E-state index is 14.6. The molecule has 1 spiro atoms. The van der Waals surface area contributed by atoms with Crippen LogP contribution in [0.25, 0.3) is 0 Å². The van der Waals surface area contributed by atoms with Crippen molar-refractivity contribution in [2.75, 3.05) is 31.6 Å². The summed E-state index contributed by atoms with van der Waals surface area (Å²) in [6, 6.07) is 5.24. The lowest BCUT2D eigenvalue weighted by molar-refractivity contribution is -0.154. The largest absolute Gasteiger partial charge is 0.394 e. The number of likely N-dealkylation sites (N-methyl/N-ethyl adjacent to an activating group) is 1. The van der Waals surface area contributed by atoms with E-state index in [0.29, 0.717) is 23.7 Å². The summed E-state index contributed by atoms with van der Waals surface area (Å²) in [6.07, 6.45) is 3.71. The fourth-order valence-corrected chi connectivity index (χ4v) is 7.18. The van der Waals surface area contributed by atoms with Gasteiger partial charge in [0, 0.05) is 30.8 Å². The van der Waals surface area contributed by atoms with Crippen LogP contribution in [0.2, 0.25) is 5.02 Å². The minimum absolute atomic E-state index is 0.0853. The average Bonchev–Trinajstić information content (AvgIpc) is 3.40. The molecule has 1 N–H and O–H groups in total. The number of halogens is 1. The van der Waals surface area contributed by atoms with E-state index in [9.17, 15) is 19.5 Å². The first-order chi connectivity index (χ1) is 18.4. The van der Waals surface area contributed by atoms with Crippen molar-refractivity contribution < 1.29 is 24.2 Å². The van der Waals surface area contributed by atoms with Gasteiger partial charge in [0.15, 0.2) is 0 Å². The highest BCUT2D eigenvalue weighted by atomic mass is 35.5. The lowest BCUT2D eigenvalue weighted by Crippen LogP contribution is -2.60. The van der Waals surface area contributed by atoms with Gasteiger partial charge < -0.3 is 24.5 Å². The Morgan fingerprint density at radius 1 is 1.21 bits per heavy atom. The highest BCUT2D eigenvalue weighted by Crippen LogP contribution is 2.66. The first-order valence-corrected chi connectivity index (χ1v) is 13.9. The molecule has 9 heteroatoms. The maximum Gasteiger partial charge on any atom is 0.253 e. The van der Waals surface area contributed by atoms with Crippen molar-refractivity contribution >= 4 is 35.0 Å². The number of aliphatic hydroxyl groups excluding tert-OH is 1. The van der Waals surface area contributed by atoms with E-state index in [1.54, 1.807) is 53.3 Å². The number of carbonyl (C=O) groups excluding carboxylic acids is 3. The SMILES string of the molecule is C=CCN(C)C(=O)[C@H]1[C@H]2C(=O)N([C@@H](CO)C(C)C)C(C(=O)N(CC=C)c3ccc(Cl)cc3)C23CC(C)[C@]1(C)O3. The Morgan fingerprint density at radius 2 is 1.82 bits per heavy atom. The standard InChI is InChI=1S/C30H40ClN3O5/c1-8-14-32(7)26(36)23-24-27(37)34(22(17-35)18(3)4)25(30(24)16-19(5)29(23,6)39-30)28(38)33(15-9-2)21-12-10-20(31)11-13-21/h8-13,18-19,22-25,35H,1-2,14-17H2,3-7H3/t19?,22-,23+,24-,25?,29-,30?/m0/s1. The molecule has 0 radical (unpaired) electrons. The molecular weight excluding hydrogens is 518 g/mol. The molecule has 3 unspecified atom stereocenters. The van der Waals surface area contributed by atoms with Crippen molar-refractivity contribution in [3.63, 3.8) is 0 Å². The van der Waals surface area contributed by atoms with E-state index in [1.807, 2.05) is 27.7 Å². The summed E-state index contributed by atoms with van der Waals surface area (Å²) in [6.45, 7) is 15.5. The fraction of sp³-hybridized carbons (Fsp3) is 0.567. The van der Waals surface area contributed by atoms with E-state index in [-0.39, 0.29) is 42.7 Å². The molecule has 212 valence electrons. The first kappa shape index (κ1) is 29.3. The molecule has 3 saturated heterocycles. The summed E-state index contributed by atoms with van der Waals surface area (Å²) in [5.41, 5.74) is -1.54. The summed E-state index contributed by atoms with van der Waals surface area (Å²) in [5, 5.41) is 11.0. The molecule has 3 amide bonds. The molecule has 3 fully saturated rings. The van der Waals surface area contributed by atoms with Crippen LogP contribution in [-0.2, 0) is 19.1 Å². The molecule has 39 heavy (non-hydrogen) atoms. The van der Waals surface area contributed by atoms with Crippen LogP contribution in [0.15, 0.2) is 49.6 Å². The van der Waals surface area contributed by atoms with Crippen LogP contribution in [0, 0.1) is 23.7 Å². The number of amides is 3. The van der Waals surface area contributed by atoms with Crippen molar-refractivity contribution in [2.24, 2.45) is 23.7 Å². The number of hydrogen-bond donors (Lipinski definition) is 1. The van der Waals surface area contributed by atoms with E-state index in [1.165, 1.54) is 4.90 Å². The summed E-state index contributed by atoms with van der Waals surface area (Å²) in [5.74, 6) is -2.71. The number of carbonyl (C=O) groups is 3. The van der Waals surface area contributed by atoms with Gasteiger partial charge in [-0.25, -0.2) is 0 Å². The highest BCUT2D eigenvalue weighted by Gasteiger charge is 2.80. The van der Waals surface area contributed by atoms with E-state index < -0.39 is 35.1 Å². The summed E-state index contributed by atoms with van der Waals surface area (Å²) in [7, 11) is 1.69. The summed E-state index contributed by atoms with van der Waals surface area (Å²) in [4.78, 5) is 47.6. The van der Waals surface area contributed by atoms with Crippen LogP contribution in [0.4, 0.5) is 5.69 Å². The Labute approximate surface area is 236 Å². The number of nitrogens with zero attached hydrogens (tertiary/aromatic N) is 3. The van der Waals surface area contributed by atoms with Crippen molar-refractivity contribution in [3.8, 4) is 0 Å². The van der Waals surface area contributed by atoms with Crippen molar-refractivity contribution in [1.82, 2.24) is 9.80 Å². The Bertz CT molecular complexity index is 1160. The monoisotopic (exact) mass is 557 g/mol. The van der Waals surface area contributed by atoms with Gasteiger partial charge in [0.2, 0.25) is 11.8 Å². The van der Waals surface area contributed by atoms with Gasteiger partial charge in [-0.2, -0.15) is 0 Å². The van der Waals surface area contributed by atoms with Crippen LogP contribution in [0.1, 0.15) is 34.1 Å². The van der Waals surface area contributed by atoms with Crippen molar-refractivity contribution in [1.29, 1.82) is 0 Å². The normalized spacial score (nSPS) is 31.8. The quantitative estimate of drug-likeness (QED) is 0.445. The molecule has 1 aromatic rings. The van der Waals surface area contributed by atoms with E-state index in [4.69, 9.17) is 16.3 Å². The zero-order chi connectivity index (χ0) is 28.9. The third kappa shape index (κ3) is 4.41. The fourth-order valence-electron chi connectivity index (χ4n) is 7.05. The maximum absolute atomic E-state index is 14.6. The number of aliphatic hydroxyl groups is 1. The second kappa shape index (κ2) is 10.7. The Morgan fingerprint density at radius 3 is 2.36 bits per heavy atom. The molecule has 0 saturated carbocycles. The highest BCUT2D eigenvalue weighted by molar-refractivity contribution is 6.30. The predicted octanol–water partition coefficient (Wildman–Crippen LogP) is 3.53. The topological polar surface area (TPSA) is 90.4 Å². The number of hydrogen-bond acceptors (Lipinski definition) is 5. The number of anilines is 1. The molecule has 3 aliphatic heterocycles. The molecule has 1 aromatic carbocycles. The van der Waals surface area contributed by atoms with Gasteiger partial charge in [-0.15, -0.1) is 13.2 Å². The van der Waals surface area contributed by atoms with Crippen molar-refractivity contribution in [3.05, 3.63) is 54.6 Å².